The van der Waals surface area contributed by atoms with Gasteiger partial charge >= 0.3 is 6.09 Å². The molecule has 0 saturated heterocycles. The lowest BCUT2D eigenvalue weighted by Crippen LogP contribution is -2.55. The third-order valence-electron chi connectivity index (χ3n) is 5.32. The molecule has 0 heterocycles. The van der Waals surface area contributed by atoms with Crippen LogP contribution in [0.25, 0.3) is 0 Å². The molecule has 0 spiro atoms. The molecule has 0 aromatic heterocycles. The second kappa shape index (κ2) is 6.12. The second-order valence-electron chi connectivity index (χ2n) is 8.27. The van der Waals surface area contributed by atoms with E-state index in [2.05, 4.69) is 6.07 Å². The Morgan fingerprint density at radius 2 is 1.96 bits per heavy atom. The van der Waals surface area contributed by atoms with Gasteiger partial charge in [-0.1, -0.05) is 30.3 Å². The van der Waals surface area contributed by atoms with Crippen molar-refractivity contribution in [2.75, 3.05) is 0 Å². The summed E-state index contributed by atoms with van der Waals surface area (Å²) in [6.45, 7) is 6.28. The molecule has 0 N–H and O–H groups in total. The molecule has 4 nitrogen and oxygen atoms in total. The summed E-state index contributed by atoms with van der Waals surface area (Å²) in [5, 5.41) is 9.03. The highest BCUT2D eigenvalue weighted by molar-refractivity contribution is 5.70. The van der Waals surface area contributed by atoms with E-state index in [1.165, 1.54) is 0 Å². The normalized spacial score (nSPS) is 27.9. The minimum absolute atomic E-state index is 0.121. The van der Waals surface area contributed by atoms with E-state index in [4.69, 9.17) is 10.00 Å². The van der Waals surface area contributed by atoms with Crippen molar-refractivity contribution in [2.24, 2.45) is 11.8 Å². The lowest BCUT2D eigenvalue weighted by molar-refractivity contribution is -0.0261. The smallest absolute Gasteiger partial charge is 0.411 e. The molecule has 1 amide bonds. The van der Waals surface area contributed by atoms with Crippen LogP contribution < -0.4 is 0 Å². The number of fused-ring (bicyclic) bond motifs is 1. The molecule has 128 valence electrons. The molecule has 0 aliphatic heterocycles. The number of hydrogen-bond acceptors (Lipinski definition) is 3. The van der Waals surface area contributed by atoms with Crippen molar-refractivity contribution in [3.8, 4) is 6.07 Å². The summed E-state index contributed by atoms with van der Waals surface area (Å²) in [4.78, 5) is 14.8. The summed E-state index contributed by atoms with van der Waals surface area (Å²) < 4.78 is 5.69. The van der Waals surface area contributed by atoms with Gasteiger partial charge in [0.15, 0.2) is 0 Å². The van der Waals surface area contributed by atoms with E-state index in [1.54, 1.807) is 0 Å². The summed E-state index contributed by atoms with van der Waals surface area (Å²) in [5.41, 5.74) is 0.491. The summed E-state index contributed by atoms with van der Waals surface area (Å²) >= 11 is 0. The molecule has 1 aromatic carbocycles. The Morgan fingerprint density at radius 3 is 2.54 bits per heavy atom. The van der Waals surface area contributed by atoms with Crippen LogP contribution >= 0.6 is 0 Å². The predicted octanol–water partition coefficient (Wildman–Crippen LogP) is 4.51. The molecule has 1 aromatic rings. The van der Waals surface area contributed by atoms with Gasteiger partial charge in [-0.25, -0.2) is 4.79 Å². The van der Waals surface area contributed by atoms with Crippen molar-refractivity contribution in [1.82, 2.24) is 4.90 Å². The van der Waals surface area contributed by atoms with Crippen molar-refractivity contribution >= 4 is 6.09 Å². The van der Waals surface area contributed by atoms with E-state index >= 15 is 0 Å². The minimum Gasteiger partial charge on any atom is -0.444 e. The van der Waals surface area contributed by atoms with Gasteiger partial charge in [0.25, 0.3) is 0 Å². The third-order valence-corrected chi connectivity index (χ3v) is 5.32. The monoisotopic (exact) mass is 326 g/mol. The van der Waals surface area contributed by atoms with Crippen LogP contribution in [0.3, 0.4) is 0 Å². The summed E-state index contributed by atoms with van der Waals surface area (Å²) in [5.74, 6) is 1.01. The number of ether oxygens (including phenoxy) is 1. The molecule has 0 radical (unpaired) electrons. The van der Waals surface area contributed by atoms with Gasteiger partial charge in [0.05, 0.1) is 6.07 Å². The van der Waals surface area contributed by atoms with E-state index < -0.39 is 5.60 Å². The first-order valence-electron chi connectivity index (χ1n) is 8.74. The van der Waals surface area contributed by atoms with E-state index in [0.717, 1.165) is 24.8 Å². The fourth-order valence-corrected chi connectivity index (χ4v) is 4.27. The maximum atomic E-state index is 12.9. The van der Waals surface area contributed by atoms with Gasteiger partial charge in [-0.05, 0) is 57.4 Å². The summed E-state index contributed by atoms with van der Waals surface area (Å²) in [6, 6.07) is 12.4. The molecular weight excluding hydrogens is 300 g/mol. The fourth-order valence-electron chi connectivity index (χ4n) is 4.27. The molecule has 3 fully saturated rings. The predicted molar refractivity (Wildman–Crippen MR) is 92.0 cm³/mol. The molecule has 3 aliphatic carbocycles. The van der Waals surface area contributed by atoms with Gasteiger partial charge in [0.1, 0.15) is 5.60 Å². The molecule has 4 heteroatoms. The topological polar surface area (TPSA) is 53.3 Å². The molecule has 0 unspecified atom stereocenters. The van der Waals surface area contributed by atoms with Crippen LogP contribution in [0.15, 0.2) is 30.3 Å². The van der Waals surface area contributed by atoms with Crippen LogP contribution in [0.1, 0.15) is 52.0 Å². The Labute approximate surface area is 144 Å². The largest absolute Gasteiger partial charge is 0.444 e. The maximum absolute atomic E-state index is 12.9. The molecule has 24 heavy (non-hydrogen) atoms. The third kappa shape index (κ3) is 3.26. The average Bonchev–Trinajstić information content (AvgIpc) is 2.99. The number of amides is 1. The summed E-state index contributed by atoms with van der Waals surface area (Å²) in [7, 11) is 0. The lowest BCUT2D eigenvalue weighted by atomic mass is 9.74. The Hall–Kier alpha value is -2.02. The van der Waals surface area contributed by atoms with Crippen LogP contribution in [0, 0.1) is 23.2 Å². The van der Waals surface area contributed by atoms with Crippen molar-refractivity contribution < 1.29 is 9.53 Å². The van der Waals surface area contributed by atoms with E-state index in [9.17, 15) is 4.79 Å². The van der Waals surface area contributed by atoms with Crippen LogP contribution in [0.4, 0.5) is 4.79 Å². The zero-order valence-electron chi connectivity index (χ0n) is 14.8. The van der Waals surface area contributed by atoms with Crippen LogP contribution in [-0.4, -0.2) is 22.1 Å². The number of nitriles is 1. The van der Waals surface area contributed by atoms with Gasteiger partial charge in [-0.3, -0.25) is 4.90 Å². The van der Waals surface area contributed by atoms with E-state index in [0.29, 0.717) is 24.8 Å². The number of carbonyl (C=O) groups is 1. The van der Waals surface area contributed by atoms with Gasteiger partial charge < -0.3 is 4.74 Å². The van der Waals surface area contributed by atoms with Crippen molar-refractivity contribution in [3.63, 3.8) is 0 Å². The van der Waals surface area contributed by atoms with E-state index in [-0.39, 0.29) is 11.6 Å². The fraction of sp³-hybridized carbons (Fsp3) is 0.600. The number of carbonyl (C=O) groups excluding carboxylic acids is 1. The molecule has 4 rings (SSSR count). The van der Waals surface area contributed by atoms with Gasteiger partial charge in [-0.2, -0.15) is 5.26 Å². The van der Waals surface area contributed by atoms with Crippen molar-refractivity contribution in [2.45, 2.75) is 64.1 Å². The Kier molecular flexibility index (Phi) is 4.29. The highest BCUT2D eigenvalue weighted by atomic mass is 16.6. The zero-order chi connectivity index (χ0) is 17.4. The van der Waals surface area contributed by atoms with Gasteiger partial charge in [-0.15, -0.1) is 0 Å². The first-order chi connectivity index (χ1) is 11.3. The first kappa shape index (κ1) is 16.8. The minimum atomic E-state index is -0.504. The standard InChI is InChI=1S/C20H26N2O2/c1-19(2,3)24-18(23)22(14-15-7-5-4-6-8-15)20-11-16(9-10-21)17(12-20)13-20/h4-8,16-17H,9,11-14H2,1-3H3/t16-,17?,20?/m1/s1. The molecule has 2 bridgehead atoms. The lowest BCUT2D eigenvalue weighted by Gasteiger charge is -2.47. The SMILES string of the molecule is CC(C)(C)OC(=O)N(Cc1ccccc1)C12CC(C1)[C@H](CC#N)C2. The van der Waals surface area contributed by atoms with Gasteiger partial charge in [0, 0.05) is 18.5 Å². The van der Waals surface area contributed by atoms with Gasteiger partial charge in [0.2, 0.25) is 0 Å². The quantitative estimate of drug-likeness (QED) is 0.818. The molecule has 3 aliphatic rings. The number of nitrogens with zero attached hydrogens (tertiary/aromatic N) is 2. The summed E-state index contributed by atoms with van der Waals surface area (Å²) in [6.07, 6.45) is 3.30. The van der Waals surface area contributed by atoms with Crippen LogP contribution in [0.5, 0.6) is 0 Å². The average molecular weight is 326 g/mol. The second-order valence-corrected chi connectivity index (χ2v) is 8.27. The zero-order valence-corrected chi connectivity index (χ0v) is 14.8. The highest BCUT2D eigenvalue weighted by Gasteiger charge is 2.60. The van der Waals surface area contributed by atoms with Crippen molar-refractivity contribution in [1.29, 1.82) is 5.26 Å². The van der Waals surface area contributed by atoms with E-state index in [1.807, 2.05) is 56.0 Å². The molecule has 1 atom stereocenters. The van der Waals surface area contributed by atoms with Crippen LogP contribution in [-0.2, 0) is 11.3 Å². The van der Waals surface area contributed by atoms with Crippen molar-refractivity contribution in [3.05, 3.63) is 35.9 Å². The molecular formula is C20H26N2O2. The Morgan fingerprint density at radius 1 is 1.29 bits per heavy atom. The number of benzene rings is 1. The number of rotatable bonds is 4. The molecule has 3 saturated carbocycles. The van der Waals surface area contributed by atoms with Crippen LogP contribution in [0.2, 0.25) is 0 Å². The Balaban J connectivity index is 1.81. The maximum Gasteiger partial charge on any atom is 0.411 e. The Bertz CT molecular complexity index is 636. The first-order valence-corrected chi connectivity index (χ1v) is 8.74. The highest BCUT2D eigenvalue weighted by Crippen LogP contribution is 2.60. The number of hydrogen-bond donors (Lipinski definition) is 0.